The molecule has 3 nitrogen and oxygen atoms in total. The van der Waals surface area contributed by atoms with E-state index in [0.717, 1.165) is 29.5 Å². The van der Waals surface area contributed by atoms with Crippen LogP contribution in [0, 0.1) is 0 Å². The fourth-order valence-electron chi connectivity index (χ4n) is 2.02. The Bertz CT molecular complexity index is 494. The Kier molecular flexibility index (Phi) is 4.93. The summed E-state index contributed by atoms with van der Waals surface area (Å²) in [5.74, 6) is 0. The Labute approximate surface area is 118 Å². The van der Waals surface area contributed by atoms with Crippen molar-refractivity contribution in [1.82, 2.24) is 4.98 Å². The number of rotatable bonds is 6. The van der Waals surface area contributed by atoms with Crippen molar-refractivity contribution in [2.24, 2.45) is 0 Å². The fraction of sp³-hybridized carbons (Fsp3) is 0.400. The molecule has 1 aromatic carbocycles. The molecule has 0 saturated carbocycles. The number of anilines is 1. The van der Waals surface area contributed by atoms with Gasteiger partial charge >= 0.3 is 0 Å². The fourth-order valence-corrected chi connectivity index (χ4v) is 2.99. The van der Waals surface area contributed by atoms with Gasteiger partial charge in [-0.2, -0.15) is 0 Å². The molecule has 0 saturated heterocycles. The molecule has 1 N–H and O–H groups in total. The van der Waals surface area contributed by atoms with Gasteiger partial charge in [0, 0.05) is 24.9 Å². The maximum absolute atomic E-state index is 10.2. The first-order valence-electron chi connectivity index (χ1n) is 6.67. The molecule has 0 amide bonds. The highest BCUT2D eigenvalue weighted by molar-refractivity contribution is 7.13. The van der Waals surface area contributed by atoms with Crippen molar-refractivity contribution in [2.75, 3.05) is 18.0 Å². The summed E-state index contributed by atoms with van der Waals surface area (Å²) in [6.07, 6.45) is 0.0924. The quantitative estimate of drug-likeness (QED) is 0.879. The first-order valence-corrected chi connectivity index (χ1v) is 7.55. The van der Waals surface area contributed by atoms with Gasteiger partial charge in [-0.15, -0.1) is 11.3 Å². The minimum atomic E-state index is -0.479. The van der Waals surface area contributed by atoms with E-state index in [1.165, 1.54) is 0 Å². The summed E-state index contributed by atoms with van der Waals surface area (Å²) in [4.78, 5) is 6.83. The van der Waals surface area contributed by atoms with Gasteiger partial charge in [-0.25, -0.2) is 4.98 Å². The lowest BCUT2D eigenvalue weighted by atomic mass is 10.1. The molecular weight excluding hydrogens is 256 g/mol. The Morgan fingerprint density at radius 2 is 1.89 bits per heavy atom. The van der Waals surface area contributed by atoms with E-state index in [1.807, 2.05) is 35.7 Å². The standard InChI is InChI=1S/C15H20N2OS/c1-3-17(4-2)15-16-13(11-19-15)10-14(18)12-8-6-5-7-9-12/h5-9,11,14,18H,3-4,10H2,1-2H3. The van der Waals surface area contributed by atoms with Crippen molar-refractivity contribution in [1.29, 1.82) is 0 Å². The monoisotopic (exact) mass is 276 g/mol. The van der Waals surface area contributed by atoms with Crippen LogP contribution in [0.1, 0.15) is 31.2 Å². The second kappa shape index (κ2) is 6.68. The molecule has 2 aromatic rings. The Morgan fingerprint density at radius 3 is 2.53 bits per heavy atom. The highest BCUT2D eigenvalue weighted by Gasteiger charge is 2.12. The molecule has 1 heterocycles. The third kappa shape index (κ3) is 3.55. The molecule has 102 valence electrons. The largest absolute Gasteiger partial charge is 0.388 e. The van der Waals surface area contributed by atoms with Crippen LogP contribution in [0.4, 0.5) is 5.13 Å². The van der Waals surface area contributed by atoms with E-state index in [0.29, 0.717) is 6.42 Å². The van der Waals surface area contributed by atoms with E-state index in [2.05, 4.69) is 23.7 Å². The zero-order valence-corrected chi connectivity index (χ0v) is 12.2. The van der Waals surface area contributed by atoms with Crippen LogP contribution in [-0.2, 0) is 6.42 Å². The molecule has 2 rings (SSSR count). The minimum absolute atomic E-state index is 0.479. The molecule has 0 radical (unpaired) electrons. The molecule has 0 fully saturated rings. The highest BCUT2D eigenvalue weighted by Crippen LogP contribution is 2.24. The summed E-state index contributed by atoms with van der Waals surface area (Å²) in [5.41, 5.74) is 1.91. The maximum atomic E-state index is 10.2. The van der Waals surface area contributed by atoms with Gasteiger partial charge < -0.3 is 10.0 Å². The lowest BCUT2D eigenvalue weighted by Gasteiger charge is -2.16. The third-order valence-corrected chi connectivity index (χ3v) is 4.11. The lowest BCUT2D eigenvalue weighted by molar-refractivity contribution is 0.177. The summed E-state index contributed by atoms with van der Waals surface area (Å²) >= 11 is 1.65. The molecule has 1 atom stereocenters. The van der Waals surface area contributed by atoms with Gasteiger partial charge in [-0.1, -0.05) is 30.3 Å². The van der Waals surface area contributed by atoms with Crippen LogP contribution in [0.15, 0.2) is 35.7 Å². The van der Waals surface area contributed by atoms with Crippen molar-refractivity contribution in [2.45, 2.75) is 26.4 Å². The number of hydrogen-bond donors (Lipinski definition) is 1. The van der Waals surface area contributed by atoms with Crippen LogP contribution in [0.3, 0.4) is 0 Å². The van der Waals surface area contributed by atoms with Crippen molar-refractivity contribution in [3.8, 4) is 0 Å². The minimum Gasteiger partial charge on any atom is -0.388 e. The summed E-state index contributed by atoms with van der Waals surface area (Å²) in [5, 5.41) is 13.3. The van der Waals surface area contributed by atoms with Crippen molar-refractivity contribution >= 4 is 16.5 Å². The number of benzene rings is 1. The summed E-state index contributed by atoms with van der Waals surface area (Å²) in [7, 11) is 0. The number of hydrogen-bond acceptors (Lipinski definition) is 4. The van der Waals surface area contributed by atoms with Crippen LogP contribution in [0.2, 0.25) is 0 Å². The molecular formula is C15H20N2OS. The van der Waals surface area contributed by atoms with Gasteiger partial charge in [0.2, 0.25) is 0 Å². The van der Waals surface area contributed by atoms with Crippen LogP contribution >= 0.6 is 11.3 Å². The number of aliphatic hydroxyl groups is 1. The molecule has 0 bridgehead atoms. The SMILES string of the molecule is CCN(CC)c1nc(CC(O)c2ccccc2)cs1. The van der Waals surface area contributed by atoms with Crippen LogP contribution in [0.5, 0.6) is 0 Å². The summed E-state index contributed by atoms with van der Waals surface area (Å²) in [6.45, 7) is 6.18. The summed E-state index contributed by atoms with van der Waals surface area (Å²) in [6, 6.07) is 9.74. The zero-order chi connectivity index (χ0) is 13.7. The van der Waals surface area contributed by atoms with Gasteiger partial charge in [0.25, 0.3) is 0 Å². The molecule has 1 aromatic heterocycles. The van der Waals surface area contributed by atoms with E-state index in [9.17, 15) is 5.11 Å². The summed E-state index contributed by atoms with van der Waals surface area (Å²) < 4.78 is 0. The predicted molar refractivity (Wildman–Crippen MR) is 80.8 cm³/mol. The van der Waals surface area contributed by atoms with Crippen molar-refractivity contribution < 1.29 is 5.11 Å². The maximum Gasteiger partial charge on any atom is 0.185 e. The van der Waals surface area contributed by atoms with Crippen LogP contribution in [0.25, 0.3) is 0 Å². The third-order valence-electron chi connectivity index (χ3n) is 3.16. The van der Waals surface area contributed by atoms with Crippen LogP contribution < -0.4 is 4.90 Å². The van der Waals surface area contributed by atoms with E-state index in [4.69, 9.17) is 0 Å². The van der Waals surface area contributed by atoms with E-state index in [-0.39, 0.29) is 0 Å². The van der Waals surface area contributed by atoms with Gasteiger partial charge in [0.15, 0.2) is 5.13 Å². The lowest BCUT2D eigenvalue weighted by Crippen LogP contribution is -2.21. The van der Waals surface area contributed by atoms with Gasteiger partial charge in [0.1, 0.15) is 0 Å². The topological polar surface area (TPSA) is 36.4 Å². The molecule has 0 spiro atoms. The molecule has 1 unspecified atom stereocenters. The second-order valence-electron chi connectivity index (χ2n) is 4.42. The van der Waals surface area contributed by atoms with E-state index >= 15 is 0 Å². The van der Waals surface area contributed by atoms with Gasteiger partial charge in [0.05, 0.1) is 11.8 Å². The second-order valence-corrected chi connectivity index (χ2v) is 5.26. The first-order chi connectivity index (χ1) is 9.24. The predicted octanol–water partition coefficient (Wildman–Crippen LogP) is 3.27. The van der Waals surface area contributed by atoms with Crippen LogP contribution in [-0.4, -0.2) is 23.2 Å². The average Bonchev–Trinajstić information content (AvgIpc) is 2.89. The highest BCUT2D eigenvalue weighted by atomic mass is 32.1. The Hall–Kier alpha value is -1.39. The number of aromatic nitrogens is 1. The number of thiazole rings is 1. The molecule has 0 aliphatic rings. The van der Waals surface area contributed by atoms with E-state index < -0.39 is 6.10 Å². The van der Waals surface area contributed by atoms with Crippen molar-refractivity contribution in [3.05, 3.63) is 47.0 Å². The smallest absolute Gasteiger partial charge is 0.185 e. The average molecular weight is 276 g/mol. The first kappa shape index (κ1) is 14.0. The van der Waals surface area contributed by atoms with Gasteiger partial charge in [-0.05, 0) is 19.4 Å². The molecule has 4 heteroatoms. The van der Waals surface area contributed by atoms with Gasteiger partial charge in [-0.3, -0.25) is 0 Å². The Morgan fingerprint density at radius 1 is 1.21 bits per heavy atom. The van der Waals surface area contributed by atoms with Crippen molar-refractivity contribution in [3.63, 3.8) is 0 Å². The normalized spacial score (nSPS) is 12.4. The molecule has 0 aliphatic carbocycles. The number of aliphatic hydroxyl groups excluding tert-OH is 1. The zero-order valence-electron chi connectivity index (χ0n) is 11.4. The molecule has 19 heavy (non-hydrogen) atoms. The molecule has 0 aliphatic heterocycles. The number of nitrogens with zero attached hydrogens (tertiary/aromatic N) is 2. The van der Waals surface area contributed by atoms with E-state index in [1.54, 1.807) is 11.3 Å². The Balaban J connectivity index is 2.04.